The molecular weight excluding hydrogens is 244 g/mol. The lowest BCUT2D eigenvalue weighted by atomic mass is 10.00. The van der Waals surface area contributed by atoms with E-state index in [0.29, 0.717) is 17.5 Å². The Bertz CT molecular complexity index is 602. The maximum atomic E-state index is 12.2. The Labute approximate surface area is 111 Å². The van der Waals surface area contributed by atoms with Crippen LogP contribution >= 0.6 is 0 Å². The normalized spacial score (nSPS) is 14.3. The molecular formula is C13H18N4O2. The molecule has 0 spiro atoms. The van der Waals surface area contributed by atoms with Gasteiger partial charge in [-0.05, 0) is 31.5 Å². The van der Waals surface area contributed by atoms with Crippen molar-refractivity contribution in [3.8, 4) is 0 Å². The van der Waals surface area contributed by atoms with E-state index in [0.717, 1.165) is 5.52 Å². The first-order valence-corrected chi connectivity index (χ1v) is 6.16. The summed E-state index contributed by atoms with van der Waals surface area (Å²) in [6.45, 7) is 3.56. The van der Waals surface area contributed by atoms with Crippen LogP contribution in [0.3, 0.4) is 0 Å². The molecule has 0 fully saturated rings. The summed E-state index contributed by atoms with van der Waals surface area (Å²) < 4.78 is 0. The average Bonchev–Trinajstić information content (AvgIpc) is 2.81. The molecule has 1 atom stereocenters. The van der Waals surface area contributed by atoms with Crippen LogP contribution in [0.2, 0.25) is 0 Å². The van der Waals surface area contributed by atoms with E-state index < -0.39 is 5.54 Å². The van der Waals surface area contributed by atoms with Crippen LogP contribution in [0, 0.1) is 0 Å². The van der Waals surface area contributed by atoms with E-state index in [-0.39, 0.29) is 18.2 Å². The molecule has 102 valence electrons. The third-order valence-corrected chi connectivity index (χ3v) is 3.35. The second-order valence-electron chi connectivity index (χ2n) is 4.90. The fourth-order valence-corrected chi connectivity index (χ4v) is 1.78. The van der Waals surface area contributed by atoms with E-state index >= 15 is 0 Å². The first kappa shape index (κ1) is 13.4. The van der Waals surface area contributed by atoms with Gasteiger partial charge in [-0.2, -0.15) is 5.10 Å². The zero-order valence-electron chi connectivity index (χ0n) is 11.0. The zero-order valence-corrected chi connectivity index (χ0v) is 11.0. The Balaban J connectivity index is 2.34. The Morgan fingerprint density at radius 2 is 2.32 bits per heavy atom. The van der Waals surface area contributed by atoms with Gasteiger partial charge in [0.15, 0.2) is 5.69 Å². The number of aliphatic hydroxyl groups is 1. The molecule has 0 bridgehead atoms. The summed E-state index contributed by atoms with van der Waals surface area (Å²) in [4.78, 5) is 12.2. The van der Waals surface area contributed by atoms with Crippen molar-refractivity contribution in [3.63, 3.8) is 0 Å². The van der Waals surface area contributed by atoms with Crippen molar-refractivity contribution in [1.82, 2.24) is 15.5 Å². The van der Waals surface area contributed by atoms with Crippen molar-refractivity contribution in [2.24, 2.45) is 0 Å². The molecule has 6 heteroatoms. The van der Waals surface area contributed by atoms with Crippen molar-refractivity contribution in [3.05, 3.63) is 23.9 Å². The van der Waals surface area contributed by atoms with Crippen LogP contribution in [-0.4, -0.2) is 33.4 Å². The van der Waals surface area contributed by atoms with Crippen molar-refractivity contribution >= 4 is 22.5 Å². The second-order valence-corrected chi connectivity index (χ2v) is 4.90. The number of aromatic amines is 1. The molecule has 1 unspecified atom stereocenters. The number of nitrogens with two attached hydrogens (primary N) is 1. The number of hydrogen-bond acceptors (Lipinski definition) is 4. The summed E-state index contributed by atoms with van der Waals surface area (Å²) in [5.41, 5.74) is 6.68. The number of carbonyl (C=O) groups excluding carboxylic acids is 1. The maximum Gasteiger partial charge on any atom is 0.272 e. The molecule has 5 N–H and O–H groups in total. The lowest BCUT2D eigenvalue weighted by Gasteiger charge is -2.26. The third-order valence-electron chi connectivity index (χ3n) is 3.35. The van der Waals surface area contributed by atoms with Gasteiger partial charge in [-0.15, -0.1) is 0 Å². The van der Waals surface area contributed by atoms with Gasteiger partial charge < -0.3 is 16.2 Å². The number of carbonyl (C=O) groups is 1. The SMILES string of the molecule is CCC(C)(CO)NC(=O)c1n[nH]c2ccc(N)cc12. The molecule has 1 amide bonds. The number of nitrogens with one attached hydrogen (secondary N) is 2. The zero-order chi connectivity index (χ0) is 14.0. The Morgan fingerprint density at radius 3 is 2.95 bits per heavy atom. The summed E-state index contributed by atoms with van der Waals surface area (Å²) in [5.74, 6) is -0.324. The molecule has 0 saturated carbocycles. The Kier molecular flexibility index (Phi) is 3.44. The highest BCUT2D eigenvalue weighted by molar-refractivity contribution is 6.05. The van der Waals surface area contributed by atoms with Crippen LogP contribution in [0.4, 0.5) is 5.69 Å². The van der Waals surface area contributed by atoms with Gasteiger partial charge >= 0.3 is 0 Å². The molecule has 1 aromatic carbocycles. The number of fused-ring (bicyclic) bond motifs is 1. The molecule has 1 aromatic heterocycles. The van der Waals surface area contributed by atoms with Gasteiger partial charge in [-0.1, -0.05) is 6.92 Å². The molecule has 19 heavy (non-hydrogen) atoms. The smallest absolute Gasteiger partial charge is 0.272 e. The lowest BCUT2D eigenvalue weighted by Crippen LogP contribution is -2.48. The number of H-pyrrole nitrogens is 1. The fraction of sp³-hybridized carbons (Fsp3) is 0.385. The van der Waals surface area contributed by atoms with Crippen molar-refractivity contribution in [1.29, 1.82) is 0 Å². The summed E-state index contributed by atoms with van der Waals surface area (Å²) >= 11 is 0. The van der Waals surface area contributed by atoms with Gasteiger partial charge in [-0.25, -0.2) is 0 Å². The number of nitrogen functional groups attached to an aromatic ring is 1. The molecule has 2 rings (SSSR count). The predicted molar refractivity (Wildman–Crippen MR) is 73.8 cm³/mol. The number of benzene rings is 1. The number of aliphatic hydroxyl groups excluding tert-OH is 1. The van der Waals surface area contributed by atoms with Gasteiger partial charge in [0.1, 0.15) is 0 Å². The Morgan fingerprint density at radius 1 is 1.58 bits per heavy atom. The maximum absolute atomic E-state index is 12.2. The van der Waals surface area contributed by atoms with Crippen LogP contribution in [0.25, 0.3) is 10.9 Å². The first-order valence-electron chi connectivity index (χ1n) is 6.16. The highest BCUT2D eigenvalue weighted by Crippen LogP contribution is 2.19. The van der Waals surface area contributed by atoms with Gasteiger partial charge in [0, 0.05) is 11.1 Å². The van der Waals surface area contributed by atoms with E-state index in [4.69, 9.17) is 5.73 Å². The predicted octanol–water partition coefficient (Wildman–Crippen LogP) is 1.04. The topological polar surface area (TPSA) is 104 Å². The molecule has 6 nitrogen and oxygen atoms in total. The van der Waals surface area contributed by atoms with Crippen molar-refractivity contribution < 1.29 is 9.90 Å². The van der Waals surface area contributed by atoms with Crippen LogP contribution in [0.1, 0.15) is 30.8 Å². The Hall–Kier alpha value is -2.08. The molecule has 0 radical (unpaired) electrons. The minimum Gasteiger partial charge on any atom is -0.399 e. The third kappa shape index (κ3) is 2.53. The molecule has 1 heterocycles. The van der Waals surface area contributed by atoms with E-state index in [1.807, 2.05) is 6.92 Å². The van der Waals surface area contributed by atoms with Crippen LogP contribution in [-0.2, 0) is 0 Å². The number of amides is 1. The minimum atomic E-state index is -0.650. The van der Waals surface area contributed by atoms with Gasteiger partial charge in [0.2, 0.25) is 0 Å². The number of nitrogens with zero attached hydrogens (tertiary/aromatic N) is 1. The molecule has 0 saturated heterocycles. The summed E-state index contributed by atoms with van der Waals surface area (Å²) in [5, 5.41) is 19.6. The molecule has 0 aliphatic rings. The summed E-state index contributed by atoms with van der Waals surface area (Å²) in [7, 11) is 0. The second kappa shape index (κ2) is 4.89. The monoisotopic (exact) mass is 262 g/mol. The minimum absolute atomic E-state index is 0.125. The van der Waals surface area contributed by atoms with Crippen molar-refractivity contribution in [2.75, 3.05) is 12.3 Å². The molecule has 0 aliphatic heterocycles. The van der Waals surface area contributed by atoms with Crippen LogP contribution in [0.15, 0.2) is 18.2 Å². The standard InChI is InChI=1S/C13H18N4O2/c1-3-13(2,7-18)15-12(19)11-9-6-8(14)4-5-10(9)16-17-11/h4-6,18H,3,7,14H2,1-2H3,(H,15,19)(H,16,17). The molecule has 0 aliphatic carbocycles. The number of aromatic nitrogens is 2. The van der Waals surface area contributed by atoms with Crippen LogP contribution < -0.4 is 11.1 Å². The quantitative estimate of drug-likeness (QED) is 0.618. The summed E-state index contributed by atoms with van der Waals surface area (Å²) in [6.07, 6.45) is 0.625. The highest BCUT2D eigenvalue weighted by Gasteiger charge is 2.25. The lowest BCUT2D eigenvalue weighted by molar-refractivity contribution is 0.0844. The largest absolute Gasteiger partial charge is 0.399 e. The van der Waals surface area contributed by atoms with Crippen molar-refractivity contribution in [2.45, 2.75) is 25.8 Å². The van der Waals surface area contributed by atoms with Gasteiger partial charge in [0.25, 0.3) is 5.91 Å². The van der Waals surface area contributed by atoms with Gasteiger partial charge in [0.05, 0.1) is 17.7 Å². The fourth-order valence-electron chi connectivity index (χ4n) is 1.78. The average molecular weight is 262 g/mol. The van der Waals surface area contributed by atoms with E-state index in [2.05, 4.69) is 15.5 Å². The summed E-state index contributed by atoms with van der Waals surface area (Å²) in [6, 6.07) is 5.22. The highest BCUT2D eigenvalue weighted by atomic mass is 16.3. The molecule has 2 aromatic rings. The number of hydrogen-bond donors (Lipinski definition) is 4. The number of rotatable bonds is 4. The van der Waals surface area contributed by atoms with Crippen LogP contribution in [0.5, 0.6) is 0 Å². The first-order chi connectivity index (χ1) is 8.99. The number of anilines is 1. The van der Waals surface area contributed by atoms with E-state index in [1.54, 1.807) is 25.1 Å². The van der Waals surface area contributed by atoms with E-state index in [1.165, 1.54) is 0 Å². The van der Waals surface area contributed by atoms with E-state index in [9.17, 15) is 9.90 Å². The van der Waals surface area contributed by atoms with Gasteiger partial charge in [-0.3, -0.25) is 9.89 Å².